The van der Waals surface area contributed by atoms with Crippen LogP contribution >= 0.6 is 0 Å². The maximum absolute atomic E-state index is 15.5. The van der Waals surface area contributed by atoms with Gasteiger partial charge in [-0.3, -0.25) is 14.6 Å². The number of ketones is 1. The molecule has 2 heterocycles. The first-order valence-electron chi connectivity index (χ1n) is 12.3. The Labute approximate surface area is 219 Å². The van der Waals surface area contributed by atoms with Crippen LogP contribution in [0.25, 0.3) is 5.76 Å². The molecule has 0 spiro atoms. The molecule has 38 heavy (non-hydrogen) atoms. The van der Waals surface area contributed by atoms with Gasteiger partial charge in [-0.25, -0.2) is 8.78 Å². The van der Waals surface area contributed by atoms with Crippen LogP contribution in [0.15, 0.2) is 66.5 Å². The van der Waals surface area contributed by atoms with Crippen molar-refractivity contribution < 1.29 is 33.0 Å². The Morgan fingerprint density at radius 3 is 2.45 bits per heavy atom. The largest absolute Gasteiger partial charge is 0.507 e. The zero-order chi connectivity index (χ0) is 27.2. The zero-order valence-electron chi connectivity index (χ0n) is 21.1. The topological polar surface area (TPSA) is 89.0 Å². The highest BCUT2D eigenvalue weighted by Crippen LogP contribution is 2.42. The number of amides is 1. The SMILES string of the molecule is CCCCCOc1ccc(C2/C(=C(/O)c3ccc(OC)c(F)c3)C(=O)C(=O)N2Cc2ccncc2)c(F)c1. The number of aromatic nitrogens is 1. The van der Waals surface area contributed by atoms with Crippen LogP contribution in [0.2, 0.25) is 0 Å². The van der Waals surface area contributed by atoms with Crippen molar-refractivity contribution in [3.8, 4) is 11.5 Å². The Bertz CT molecular complexity index is 1360. The number of rotatable bonds is 10. The molecule has 3 aromatic rings. The number of Topliss-reactive ketones (excluding diaryl/α,β-unsaturated/α-hetero) is 1. The van der Waals surface area contributed by atoms with E-state index in [1.54, 1.807) is 18.2 Å². The van der Waals surface area contributed by atoms with Crippen molar-refractivity contribution in [2.24, 2.45) is 0 Å². The molecule has 0 aliphatic carbocycles. The number of carbonyl (C=O) groups excluding carboxylic acids is 2. The molecule has 2 aromatic carbocycles. The number of halogens is 2. The van der Waals surface area contributed by atoms with Crippen molar-refractivity contribution in [2.45, 2.75) is 38.8 Å². The fraction of sp³-hybridized carbons (Fsp3) is 0.276. The number of ether oxygens (including phenoxy) is 2. The number of nitrogens with zero attached hydrogens (tertiary/aromatic N) is 2. The highest BCUT2D eigenvalue weighted by atomic mass is 19.1. The Hall–Kier alpha value is -4.27. The first-order chi connectivity index (χ1) is 18.3. The maximum Gasteiger partial charge on any atom is 0.295 e. The molecule has 7 nitrogen and oxygen atoms in total. The lowest BCUT2D eigenvalue weighted by molar-refractivity contribution is -0.140. The lowest BCUT2D eigenvalue weighted by atomic mass is 9.94. The van der Waals surface area contributed by atoms with Gasteiger partial charge in [0.25, 0.3) is 11.7 Å². The summed E-state index contributed by atoms with van der Waals surface area (Å²) in [6.45, 7) is 2.45. The number of likely N-dealkylation sites (tertiary alicyclic amines) is 1. The number of hydrogen-bond donors (Lipinski definition) is 1. The predicted molar refractivity (Wildman–Crippen MR) is 136 cm³/mol. The Morgan fingerprint density at radius 1 is 1.03 bits per heavy atom. The minimum atomic E-state index is -1.26. The van der Waals surface area contributed by atoms with Gasteiger partial charge in [0.05, 0.1) is 25.3 Å². The fourth-order valence-electron chi connectivity index (χ4n) is 4.38. The van der Waals surface area contributed by atoms with Gasteiger partial charge >= 0.3 is 0 Å². The van der Waals surface area contributed by atoms with Crippen LogP contribution in [0.4, 0.5) is 8.78 Å². The summed E-state index contributed by atoms with van der Waals surface area (Å²) in [6, 6.07) is 9.89. The molecule has 198 valence electrons. The molecule has 1 aromatic heterocycles. The van der Waals surface area contributed by atoms with Crippen molar-refractivity contribution >= 4 is 17.4 Å². The van der Waals surface area contributed by atoms with Crippen LogP contribution in [-0.2, 0) is 16.1 Å². The molecule has 0 bridgehead atoms. The highest BCUT2D eigenvalue weighted by molar-refractivity contribution is 6.46. The maximum atomic E-state index is 15.5. The van der Waals surface area contributed by atoms with E-state index in [2.05, 4.69) is 11.9 Å². The van der Waals surface area contributed by atoms with E-state index < -0.39 is 35.1 Å². The van der Waals surface area contributed by atoms with E-state index >= 15 is 4.39 Å². The summed E-state index contributed by atoms with van der Waals surface area (Å²) in [5.41, 5.74) is 0.254. The lowest BCUT2D eigenvalue weighted by Crippen LogP contribution is -2.29. The van der Waals surface area contributed by atoms with Gasteiger partial charge in [-0.05, 0) is 54.4 Å². The molecular weight excluding hydrogens is 494 g/mol. The first kappa shape index (κ1) is 26.8. The molecule has 1 aliphatic rings. The number of aliphatic hydroxyl groups excluding tert-OH is 1. The van der Waals surface area contributed by atoms with Crippen LogP contribution in [0, 0.1) is 11.6 Å². The minimum absolute atomic E-state index is 0.00491. The van der Waals surface area contributed by atoms with Crippen molar-refractivity contribution in [1.82, 2.24) is 9.88 Å². The molecule has 1 fully saturated rings. The summed E-state index contributed by atoms with van der Waals surface area (Å²) >= 11 is 0. The number of carbonyl (C=O) groups is 2. The third-order valence-electron chi connectivity index (χ3n) is 6.35. The number of pyridine rings is 1. The number of benzene rings is 2. The molecule has 1 N–H and O–H groups in total. The van der Waals surface area contributed by atoms with Gasteiger partial charge < -0.3 is 19.5 Å². The van der Waals surface area contributed by atoms with E-state index in [-0.39, 0.29) is 29.0 Å². The van der Waals surface area contributed by atoms with E-state index in [0.717, 1.165) is 25.3 Å². The monoisotopic (exact) mass is 522 g/mol. The van der Waals surface area contributed by atoms with Gasteiger partial charge in [0.1, 0.15) is 17.3 Å². The normalized spacial score (nSPS) is 16.6. The molecule has 0 saturated carbocycles. The average Bonchev–Trinajstić information content (AvgIpc) is 3.16. The van der Waals surface area contributed by atoms with E-state index in [4.69, 9.17) is 9.47 Å². The first-order valence-corrected chi connectivity index (χ1v) is 12.3. The van der Waals surface area contributed by atoms with Gasteiger partial charge in [0, 0.05) is 36.1 Å². The molecule has 9 heteroatoms. The molecule has 1 atom stereocenters. The summed E-state index contributed by atoms with van der Waals surface area (Å²) in [4.78, 5) is 31.5. The van der Waals surface area contributed by atoms with Gasteiger partial charge in [0.15, 0.2) is 11.6 Å². The number of methoxy groups -OCH3 is 1. The van der Waals surface area contributed by atoms with Crippen LogP contribution in [0.1, 0.15) is 48.9 Å². The third kappa shape index (κ3) is 5.51. The van der Waals surface area contributed by atoms with Crippen molar-refractivity contribution in [3.05, 3.63) is 94.8 Å². The molecule has 1 amide bonds. The fourth-order valence-corrected chi connectivity index (χ4v) is 4.38. The second-order valence-electron chi connectivity index (χ2n) is 8.87. The molecule has 4 rings (SSSR count). The second-order valence-corrected chi connectivity index (χ2v) is 8.87. The van der Waals surface area contributed by atoms with Gasteiger partial charge in [-0.2, -0.15) is 0 Å². The molecule has 0 radical (unpaired) electrons. The standard InChI is InChI=1S/C29H28F2N2O5/c1-3-4-5-14-38-20-7-8-21(22(30)16-20)26-25(27(34)19-6-9-24(37-2)23(31)15-19)28(35)29(36)33(26)17-18-10-12-32-13-11-18/h6-13,15-16,26,34H,3-5,14,17H2,1-2H3/b27-25-. The summed E-state index contributed by atoms with van der Waals surface area (Å²) in [5.74, 6) is -3.76. The minimum Gasteiger partial charge on any atom is -0.507 e. The van der Waals surface area contributed by atoms with E-state index in [0.29, 0.717) is 17.9 Å². The third-order valence-corrected chi connectivity index (χ3v) is 6.35. The van der Waals surface area contributed by atoms with Crippen LogP contribution in [-0.4, -0.2) is 40.4 Å². The summed E-state index contributed by atoms with van der Waals surface area (Å²) in [5, 5.41) is 11.1. The Morgan fingerprint density at radius 2 is 1.79 bits per heavy atom. The molecule has 1 saturated heterocycles. The van der Waals surface area contributed by atoms with Crippen LogP contribution in [0.3, 0.4) is 0 Å². The Balaban J connectivity index is 1.79. The van der Waals surface area contributed by atoms with E-state index in [9.17, 15) is 19.1 Å². The summed E-state index contributed by atoms with van der Waals surface area (Å²) < 4.78 is 40.5. The lowest BCUT2D eigenvalue weighted by Gasteiger charge is -2.26. The van der Waals surface area contributed by atoms with Crippen LogP contribution < -0.4 is 9.47 Å². The van der Waals surface area contributed by atoms with Crippen molar-refractivity contribution in [1.29, 1.82) is 0 Å². The van der Waals surface area contributed by atoms with Gasteiger partial charge in [-0.15, -0.1) is 0 Å². The molecular formula is C29H28F2N2O5. The highest BCUT2D eigenvalue weighted by Gasteiger charge is 2.47. The smallest absolute Gasteiger partial charge is 0.295 e. The zero-order valence-corrected chi connectivity index (χ0v) is 21.1. The number of hydrogen-bond acceptors (Lipinski definition) is 6. The average molecular weight is 523 g/mol. The summed E-state index contributed by atoms with van der Waals surface area (Å²) in [7, 11) is 1.29. The van der Waals surface area contributed by atoms with Crippen LogP contribution in [0.5, 0.6) is 11.5 Å². The Kier molecular flexibility index (Phi) is 8.35. The van der Waals surface area contributed by atoms with Crippen molar-refractivity contribution in [2.75, 3.05) is 13.7 Å². The number of aliphatic hydroxyl groups is 1. The van der Waals surface area contributed by atoms with Crippen molar-refractivity contribution in [3.63, 3.8) is 0 Å². The van der Waals surface area contributed by atoms with Gasteiger partial charge in [-0.1, -0.05) is 19.8 Å². The number of unbranched alkanes of at least 4 members (excludes halogenated alkanes) is 2. The predicted octanol–water partition coefficient (Wildman–Crippen LogP) is 5.56. The van der Waals surface area contributed by atoms with E-state index in [1.165, 1.54) is 48.7 Å². The second kappa shape index (κ2) is 11.9. The summed E-state index contributed by atoms with van der Waals surface area (Å²) in [6.07, 6.45) is 5.89. The molecule has 1 aliphatic heterocycles. The van der Waals surface area contributed by atoms with E-state index in [1.807, 2.05) is 0 Å². The molecule has 1 unspecified atom stereocenters. The quantitative estimate of drug-likeness (QED) is 0.162. The van der Waals surface area contributed by atoms with Gasteiger partial charge in [0.2, 0.25) is 0 Å².